The first kappa shape index (κ1) is 16.2. The summed E-state index contributed by atoms with van der Waals surface area (Å²) in [6.07, 6.45) is 4.93. The molecule has 6 nitrogen and oxygen atoms in total. The van der Waals surface area contributed by atoms with Gasteiger partial charge in [-0.25, -0.2) is 14.4 Å². The molecule has 3 aromatic heterocycles. The minimum Gasteiger partial charge on any atom is -0.493 e. The zero-order valence-corrected chi connectivity index (χ0v) is 13.8. The van der Waals surface area contributed by atoms with E-state index < -0.39 is 5.67 Å². The molecule has 0 bridgehead atoms. The molecule has 0 saturated carbocycles. The molecule has 0 aromatic carbocycles. The molecule has 0 amide bonds. The van der Waals surface area contributed by atoms with E-state index in [1.807, 2.05) is 13.0 Å². The molecule has 0 fully saturated rings. The topological polar surface area (TPSA) is 73.1 Å². The van der Waals surface area contributed by atoms with Crippen molar-refractivity contribution in [1.29, 1.82) is 0 Å². The highest BCUT2D eigenvalue weighted by molar-refractivity contribution is 5.82. The summed E-state index contributed by atoms with van der Waals surface area (Å²) in [5, 5.41) is 14.7. The Labute approximate surface area is 138 Å². The van der Waals surface area contributed by atoms with Gasteiger partial charge in [0.15, 0.2) is 0 Å². The van der Waals surface area contributed by atoms with Gasteiger partial charge in [0.1, 0.15) is 12.3 Å². The van der Waals surface area contributed by atoms with Crippen LogP contribution in [0, 0.1) is 6.92 Å². The van der Waals surface area contributed by atoms with Crippen molar-refractivity contribution in [1.82, 2.24) is 19.7 Å². The number of hydrogen-bond donors (Lipinski definition) is 1. The molecule has 24 heavy (non-hydrogen) atoms. The number of halogens is 1. The largest absolute Gasteiger partial charge is 0.493 e. The number of fused-ring (bicyclic) bond motifs is 1. The van der Waals surface area contributed by atoms with Gasteiger partial charge in [0, 0.05) is 24.2 Å². The van der Waals surface area contributed by atoms with E-state index in [1.54, 1.807) is 23.1 Å². The lowest BCUT2D eigenvalue weighted by Gasteiger charge is -2.16. The molecule has 0 aliphatic carbocycles. The maximum absolute atomic E-state index is 13.5. The highest BCUT2D eigenvalue weighted by Gasteiger charge is 2.17. The lowest BCUT2D eigenvalue weighted by molar-refractivity contribution is 0.117. The molecule has 1 N–H and O–H groups in total. The number of nitrogens with zero attached hydrogens (tertiary/aromatic N) is 4. The van der Waals surface area contributed by atoms with Gasteiger partial charge in [-0.2, -0.15) is 5.10 Å². The maximum atomic E-state index is 13.5. The van der Waals surface area contributed by atoms with Crippen molar-refractivity contribution in [3.05, 3.63) is 41.9 Å². The number of ether oxygens (including phenoxy) is 1. The Morgan fingerprint density at radius 3 is 2.79 bits per heavy atom. The number of alkyl halides is 1. The van der Waals surface area contributed by atoms with Crippen molar-refractivity contribution in [2.75, 3.05) is 6.61 Å². The van der Waals surface area contributed by atoms with E-state index in [9.17, 15) is 9.50 Å². The molecule has 0 aliphatic rings. The van der Waals surface area contributed by atoms with Crippen molar-refractivity contribution >= 4 is 10.9 Å². The summed E-state index contributed by atoms with van der Waals surface area (Å²) < 4.78 is 20.7. The summed E-state index contributed by atoms with van der Waals surface area (Å²) in [7, 11) is 0. The summed E-state index contributed by atoms with van der Waals surface area (Å²) in [6.45, 7) is 5.24. The van der Waals surface area contributed by atoms with Gasteiger partial charge in [0.25, 0.3) is 0 Å². The SMILES string of the molecule is Cc1cc(Cn2cc3c(O)nccc3n2)cnc1OCC(C)(C)F. The molecule has 0 aliphatic heterocycles. The fraction of sp³-hybridized carbons (Fsp3) is 0.353. The Balaban J connectivity index is 1.77. The van der Waals surface area contributed by atoms with Gasteiger partial charge in [0.2, 0.25) is 11.8 Å². The summed E-state index contributed by atoms with van der Waals surface area (Å²) in [4.78, 5) is 8.09. The molecular formula is C17H19FN4O2. The van der Waals surface area contributed by atoms with Crippen LogP contribution in [-0.2, 0) is 6.54 Å². The standard InChI is InChI=1S/C17H19FN4O2/c1-11-6-12(7-20-16(11)24-10-17(2,3)18)8-22-9-13-14(21-22)4-5-19-15(13)23/h4-7,9H,8,10H2,1-3H3,(H,19,23). The third kappa shape index (κ3) is 3.61. The predicted octanol–water partition coefficient (Wildman–Crippen LogP) is 3.02. The molecule has 7 heteroatoms. The van der Waals surface area contributed by atoms with E-state index >= 15 is 0 Å². The van der Waals surface area contributed by atoms with E-state index in [2.05, 4.69) is 15.1 Å². The molecule has 0 radical (unpaired) electrons. The molecule has 0 unspecified atom stereocenters. The van der Waals surface area contributed by atoms with Crippen LogP contribution in [0.15, 0.2) is 30.7 Å². The van der Waals surface area contributed by atoms with Crippen LogP contribution in [0.3, 0.4) is 0 Å². The molecule has 0 spiro atoms. The summed E-state index contributed by atoms with van der Waals surface area (Å²) >= 11 is 0. The number of rotatable bonds is 5. The molecule has 3 rings (SSSR count). The number of aromatic nitrogens is 4. The number of hydrogen-bond acceptors (Lipinski definition) is 5. The van der Waals surface area contributed by atoms with Gasteiger partial charge in [0.05, 0.1) is 17.4 Å². The molecule has 0 saturated heterocycles. The van der Waals surface area contributed by atoms with Crippen LogP contribution in [0.2, 0.25) is 0 Å². The molecular weight excluding hydrogens is 311 g/mol. The maximum Gasteiger partial charge on any atom is 0.222 e. The molecule has 126 valence electrons. The summed E-state index contributed by atoms with van der Waals surface area (Å²) in [6, 6.07) is 3.67. The van der Waals surface area contributed by atoms with Crippen molar-refractivity contribution in [2.24, 2.45) is 0 Å². The number of pyridine rings is 2. The fourth-order valence-electron chi connectivity index (χ4n) is 2.35. The van der Waals surface area contributed by atoms with Crippen LogP contribution in [0.4, 0.5) is 4.39 Å². The normalized spacial score (nSPS) is 11.8. The minimum atomic E-state index is -1.40. The minimum absolute atomic E-state index is 0.0364. The second-order valence-electron chi connectivity index (χ2n) is 6.37. The van der Waals surface area contributed by atoms with Gasteiger partial charge in [-0.05, 0) is 38.5 Å². The predicted molar refractivity (Wildman–Crippen MR) is 88.0 cm³/mol. The van der Waals surface area contributed by atoms with Gasteiger partial charge in [-0.1, -0.05) is 0 Å². The van der Waals surface area contributed by atoms with Crippen LogP contribution >= 0.6 is 0 Å². The Morgan fingerprint density at radius 2 is 2.12 bits per heavy atom. The Hall–Kier alpha value is -2.70. The number of aryl methyl sites for hydroxylation is 1. The van der Waals surface area contributed by atoms with Crippen molar-refractivity contribution in [3.63, 3.8) is 0 Å². The third-order valence-corrected chi connectivity index (χ3v) is 3.44. The van der Waals surface area contributed by atoms with E-state index in [0.717, 1.165) is 11.1 Å². The van der Waals surface area contributed by atoms with Crippen LogP contribution in [0.5, 0.6) is 11.8 Å². The quantitative estimate of drug-likeness (QED) is 0.778. The first-order valence-corrected chi connectivity index (χ1v) is 7.60. The van der Waals surface area contributed by atoms with Crippen LogP contribution in [-0.4, -0.2) is 37.1 Å². The molecule has 0 atom stereocenters. The van der Waals surface area contributed by atoms with Gasteiger partial charge >= 0.3 is 0 Å². The van der Waals surface area contributed by atoms with E-state index in [4.69, 9.17) is 4.74 Å². The Kier molecular flexibility index (Phi) is 4.09. The van der Waals surface area contributed by atoms with Gasteiger partial charge in [-0.15, -0.1) is 0 Å². The van der Waals surface area contributed by atoms with Crippen LogP contribution in [0.1, 0.15) is 25.0 Å². The zero-order chi connectivity index (χ0) is 17.3. The summed E-state index contributed by atoms with van der Waals surface area (Å²) in [5.74, 6) is 0.391. The van der Waals surface area contributed by atoms with Gasteiger partial charge < -0.3 is 9.84 Å². The lowest BCUT2D eigenvalue weighted by atomic mass is 10.2. The Morgan fingerprint density at radius 1 is 1.33 bits per heavy atom. The van der Waals surface area contributed by atoms with E-state index in [-0.39, 0.29) is 12.5 Å². The van der Waals surface area contributed by atoms with Crippen molar-refractivity contribution in [2.45, 2.75) is 33.0 Å². The van der Waals surface area contributed by atoms with Crippen LogP contribution in [0.25, 0.3) is 10.9 Å². The smallest absolute Gasteiger partial charge is 0.222 e. The monoisotopic (exact) mass is 330 g/mol. The lowest BCUT2D eigenvalue weighted by Crippen LogP contribution is -2.23. The zero-order valence-electron chi connectivity index (χ0n) is 13.8. The summed E-state index contributed by atoms with van der Waals surface area (Å²) in [5.41, 5.74) is 1.03. The van der Waals surface area contributed by atoms with Crippen molar-refractivity contribution in [3.8, 4) is 11.8 Å². The van der Waals surface area contributed by atoms with E-state index in [1.165, 1.54) is 20.0 Å². The van der Waals surface area contributed by atoms with Gasteiger partial charge in [-0.3, -0.25) is 4.68 Å². The second-order valence-corrected chi connectivity index (χ2v) is 6.37. The Bertz CT molecular complexity index is 871. The molecule has 3 heterocycles. The average Bonchev–Trinajstić information content (AvgIpc) is 2.89. The third-order valence-electron chi connectivity index (χ3n) is 3.44. The first-order valence-electron chi connectivity index (χ1n) is 7.60. The van der Waals surface area contributed by atoms with Crippen molar-refractivity contribution < 1.29 is 14.2 Å². The molecule has 3 aromatic rings. The second kappa shape index (κ2) is 6.07. The fourth-order valence-corrected chi connectivity index (χ4v) is 2.35. The highest BCUT2D eigenvalue weighted by Crippen LogP contribution is 2.22. The first-order chi connectivity index (χ1) is 11.3. The highest BCUT2D eigenvalue weighted by atomic mass is 19.1. The average molecular weight is 330 g/mol. The van der Waals surface area contributed by atoms with E-state index in [0.29, 0.717) is 23.3 Å². The number of aromatic hydroxyl groups is 1. The van der Waals surface area contributed by atoms with Crippen LogP contribution < -0.4 is 4.74 Å².